The minimum atomic E-state index is -1.04. The lowest BCUT2D eigenvalue weighted by Gasteiger charge is -2.28. The van der Waals surface area contributed by atoms with Gasteiger partial charge in [0.25, 0.3) is 0 Å². The molecule has 1 saturated heterocycles. The highest BCUT2D eigenvalue weighted by atomic mass is 19.1. The molecule has 5 atom stereocenters. The van der Waals surface area contributed by atoms with Crippen LogP contribution in [0.4, 0.5) is 4.39 Å². The van der Waals surface area contributed by atoms with Crippen LogP contribution in [0.5, 0.6) is 0 Å². The summed E-state index contributed by atoms with van der Waals surface area (Å²) in [5, 5.41) is 0. The topological polar surface area (TPSA) is 80.8 Å². The summed E-state index contributed by atoms with van der Waals surface area (Å²) < 4.78 is 18.2. The number of carbonyl (C=O) groups is 4. The average molecular weight is 401 g/mol. The third-order valence-corrected chi connectivity index (χ3v) is 6.62. The van der Waals surface area contributed by atoms with Crippen LogP contribution in [-0.2, 0) is 19.1 Å². The summed E-state index contributed by atoms with van der Waals surface area (Å²) in [6, 6.07) is 3.90. The monoisotopic (exact) mass is 401 g/mol. The van der Waals surface area contributed by atoms with E-state index < -0.39 is 30.2 Å². The molecule has 4 rings (SSSR count). The normalized spacial score (nSPS) is 28.8. The number of nitrogens with zero attached hydrogens (tertiary/aromatic N) is 1. The molecular weight excluding hydrogens is 377 g/mol. The number of hydrogen-bond acceptors (Lipinski definition) is 5. The van der Waals surface area contributed by atoms with Crippen molar-refractivity contribution < 1.29 is 28.3 Å². The van der Waals surface area contributed by atoms with Crippen LogP contribution in [0.1, 0.15) is 43.5 Å². The SMILES string of the molecule is CC(C)[C@@H](C(=O)OCC(=O)c1ccc(F)cc1)N1C(=O)[C@H]2[C@@H]3CC[C@H](C3)[C@@H]2C1=O. The molecule has 1 aromatic rings. The van der Waals surface area contributed by atoms with Crippen LogP contribution < -0.4 is 0 Å². The number of Topliss-reactive ketones (excluding diaryl/α,β-unsaturated/α-hetero) is 1. The highest BCUT2D eigenvalue weighted by Gasteiger charge is 2.62. The fraction of sp³-hybridized carbons (Fsp3) is 0.545. The second-order valence-corrected chi connectivity index (χ2v) is 8.66. The molecule has 2 saturated carbocycles. The fourth-order valence-corrected chi connectivity index (χ4v) is 5.32. The highest BCUT2D eigenvalue weighted by molar-refractivity contribution is 6.09. The van der Waals surface area contributed by atoms with Gasteiger partial charge in [-0.15, -0.1) is 0 Å². The summed E-state index contributed by atoms with van der Waals surface area (Å²) in [6.07, 6.45) is 2.84. The number of hydrogen-bond donors (Lipinski definition) is 0. The Labute approximate surface area is 168 Å². The molecule has 1 aliphatic heterocycles. The molecule has 0 unspecified atom stereocenters. The van der Waals surface area contributed by atoms with Crippen molar-refractivity contribution in [1.82, 2.24) is 4.90 Å². The van der Waals surface area contributed by atoms with Crippen molar-refractivity contribution in [2.45, 2.75) is 39.2 Å². The zero-order chi connectivity index (χ0) is 20.9. The van der Waals surface area contributed by atoms with Crippen molar-refractivity contribution in [2.24, 2.45) is 29.6 Å². The van der Waals surface area contributed by atoms with Crippen molar-refractivity contribution >= 4 is 23.6 Å². The molecule has 29 heavy (non-hydrogen) atoms. The summed E-state index contributed by atoms with van der Waals surface area (Å²) in [7, 11) is 0. The van der Waals surface area contributed by atoms with Gasteiger partial charge in [0.15, 0.2) is 12.4 Å². The Morgan fingerprint density at radius 3 is 2.14 bits per heavy atom. The van der Waals surface area contributed by atoms with E-state index in [4.69, 9.17) is 4.74 Å². The van der Waals surface area contributed by atoms with E-state index in [-0.39, 0.29) is 47.0 Å². The van der Waals surface area contributed by atoms with Crippen molar-refractivity contribution in [2.75, 3.05) is 6.61 Å². The number of esters is 1. The number of halogens is 1. The van der Waals surface area contributed by atoms with Crippen LogP contribution in [0.15, 0.2) is 24.3 Å². The van der Waals surface area contributed by atoms with Crippen LogP contribution in [-0.4, -0.2) is 41.1 Å². The molecule has 154 valence electrons. The molecular formula is C22H24FNO5. The average Bonchev–Trinajstić information content (AvgIpc) is 3.36. The number of likely N-dealkylation sites (tertiary alicyclic amines) is 1. The number of carbonyl (C=O) groups excluding carboxylic acids is 4. The smallest absolute Gasteiger partial charge is 0.330 e. The first-order chi connectivity index (χ1) is 13.8. The number of imide groups is 1. The van der Waals surface area contributed by atoms with Gasteiger partial charge in [-0.25, -0.2) is 9.18 Å². The van der Waals surface area contributed by atoms with E-state index in [0.29, 0.717) is 0 Å². The van der Waals surface area contributed by atoms with E-state index >= 15 is 0 Å². The Morgan fingerprint density at radius 2 is 1.62 bits per heavy atom. The highest BCUT2D eigenvalue weighted by Crippen LogP contribution is 2.56. The van der Waals surface area contributed by atoms with Crippen LogP contribution in [0, 0.1) is 35.4 Å². The van der Waals surface area contributed by atoms with Crippen LogP contribution >= 0.6 is 0 Å². The van der Waals surface area contributed by atoms with Gasteiger partial charge < -0.3 is 4.74 Å². The van der Waals surface area contributed by atoms with Crippen LogP contribution in [0.25, 0.3) is 0 Å². The van der Waals surface area contributed by atoms with Gasteiger partial charge in [0.05, 0.1) is 11.8 Å². The third kappa shape index (κ3) is 3.26. The first kappa shape index (κ1) is 19.7. The number of benzene rings is 1. The van der Waals surface area contributed by atoms with Gasteiger partial charge >= 0.3 is 5.97 Å². The predicted octanol–water partition coefficient (Wildman–Crippen LogP) is 2.61. The van der Waals surface area contributed by atoms with E-state index in [2.05, 4.69) is 0 Å². The molecule has 0 radical (unpaired) electrons. The molecule has 2 aliphatic carbocycles. The molecule has 1 heterocycles. The second kappa shape index (κ2) is 7.35. The van der Waals surface area contributed by atoms with E-state index in [1.807, 2.05) is 0 Å². The largest absolute Gasteiger partial charge is 0.456 e. The van der Waals surface area contributed by atoms with Gasteiger partial charge in [-0.2, -0.15) is 0 Å². The maximum atomic E-state index is 13.0. The Balaban J connectivity index is 1.47. The van der Waals surface area contributed by atoms with Gasteiger partial charge in [0, 0.05) is 5.56 Å². The van der Waals surface area contributed by atoms with Gasteiger partial charge in [0.2, 0.25) is 11.8 Å². The zero-order valence-corrected chi connectivity index (χ0v) is 16.5. The van der Waals surface area contributed by atoms with Crippen molar-refractivity contribution in [3.05, 3.63) is 35.6 Å². The van der Waals surface area contributed by atoms with Crippen LogP contribution in [0.3, 0.4) is 0 Å². The lowest BCUT2D eigenvalue weighted by molar-refractivity contribution is -0.160. The zero-order valence-electron chi connectivity index (χ0n) is 16.5. The minimum absolute atomic E-state index is 0.222. The standard InChI is InChI=1S/C22H24FNO5/c1-11(2)19(22(28)29-10-16(25)12-5-7-15(23)8-6-12)24-20(26)17-13-3-4-14(9-13)18(17)21(24)27/h5-8,11,13-14,17-19H,3-4,9-10H2,1-2H3/t13-,14-,17+,18+,19+/m1/s1. The first-order valence-corrected chi connectivity index (χ1v) is 10.1. The third-order valence-electron chi connectivity index (χ3n) is 6.62. The fourth-order valence-electron chi connectivity index (χ4n) is 5.32. The van der Waals surface area contributed by atoms with Crippen molar-refractivity contribution in [3.8, 4) is 0 Å². The van der Waals surface area contributed by atoms with E-state index in [9.17, 15) is 23.6 Å². The Hall–Kier alpha value is -2.57. The van der Waals surface area contributed by atoms with Crippen molar-refractivity contribution in [3.63, 3.8) is 0 Å². The quantitative estimate of drug-likeness (QED) is 0.416. The number of ether oxygens (including phenoxy) is 1. The molecule has 3 aliphatic rings. The Kier molecular flexibility index (Phi) is 5.00. The molecule has 6 nitrogen and oxygen atoms in total. The van der Waals surface area contributed by atoms with E-state index in [1.165, 1.54) is 12.1 Å². The second-order valence-electron chi connectivity index (χ2n) is 8.66. The molecule has 2 amide bonds. The maximum absolute atomic E-state index is 13.0. The summed E-state index contributed by atoms with van der Waals surface area (Å²) >= 11 is 0. The summed E-state index contributed by atoms with van der Waals surface area (Å²) in [4.78, 5) is 52.1. The molecule has 3 fully saturated rings. The van der Waals surface area contributed by atoms with Gasteiger partial charge in [-0.1, -0.05) is 13.8 Å². The lowest BCUT2D eigenvalue weighted by atomic mass is 9.81. The van der Waals surface area contributed by atoms with Gasteiger partial charge in [-0.05, 0) is 61.3 Å². The van der Waals surface area contributed by atoms with E-state index in [0.717, 1.165) is 36.3 Å². The Bertz CT molecular complexity index is 836. The van der Waals surface area contributed by atoms with E-state index in [1.54, 1.807) is 13.8 Å². The van der Waals surface area contributed by atoms with Crippen LogP contribution in [0.2, 0.25) is 0 Å². The summed E-state index contributed by atoms with van der Waals surface area (Å²) in [5.74, 6) is -2.74. The number of amides is 2. The van der Waals surface area contributed by atoms with Crippen molar-refractivity contribution in [1.29, 1.82) is 0 Å². The predicted molar refractivity (Wildman–Crippen MR) is 100.0 cm³/mol. The number of fused-ring (bicyclic) bond motifs is 5. The molecule has 2 bridgehead atoms. The Morgan fingerprint density at radius 1 is 1.07 bits per heavy atom. The molecule has 0 N–H and O–H groups in total. The molecule has 0 aromatic heterocycles. The molecule has 7 heteroatoms. The van der Waals surface area contributed by atoms with Gasteiger partial charge in [-0.3, -0.25) is 19.3 Å². The number of rotatable bonds is 6. The molecule has 0 spiro atoms. The summed E-state index contributed by atoms with van der Waals surface area (Å²) in [6.45, 7) is 2.97. The maximum Gasteiger partial charge on any atom is 0.330 e. The first-order valence-electron chi connectivity index (χ1n) is 10.1. The number of ketones is 1. The van der Waals surface area contributed by atoms with Gasteiger partial charge in [0.1, 0.15) is 11.9 Å². The molecule has 1 aromatic carbocycles. The lowest BCUT2D eigenvalue weighted by Crippen LogP contribution is -2.50. The summed E-state index contributed by atoms with van der Waals surface area (Å²) in [5.41, 5.74) is 0.222. The minimum Gasteiger partial charge on any atom is -0.456 e.